The summed E-state index contributed by atoms with van der Waals surface area (Å²) in [4.78, 5) is 0. The highest BCUT2D eigenvalue weighted by atomic mass is 16.5. The molecule has 1 saturated heterocycles. The van der Waals surface area contributed by atoms with Crippen LogP contribution in [0.3, 0.4) is 0 Å². The van der Waals surface area contributed by atoms with Gasteiger partial charge in [-0.05, 0) is 37.8 Å². The van der Waals surface area contributed by atoms with E-state index in [9.17, 15) is 5.11 Å². The molecule has 0 aliphatic carbocycles. The highest BCUT2D eigenvalue weighted by Crippen LogP contribution is 2.17. The van der Waals surface area contributed by atoms with E-state index in [0.717, 1.165) is 30.9 Å². The van der Waals surface area contributed by atoms with Gasteiger partial charge in [-0.1, -0.05) is 18.2 Å². The molecule has 3 atom stereocenters. The van der Waals surface area contributed by atoms with Gasteiger partial charge in [0.25, 0.3) is 0 Å². The number of para-hydroxylation sites is 1. The number of aliphatic hydroxyl groups excluding tert-OH is 1. The zero-order valence-corrected chi connectivity index (χ0v) is 12.3. The molecule has 2 N–H and O–H groups in total. The maximum absolute atomic E-state index is 9.97. The van der Waals surface area contributed by atoms with Gasteiger partial charge in [-0.15, -0.1) is 0 Å². The molecule has 1 aromatic rings. The third kappa shape index (κ3) is 4.47. The van der Waals surface area contributed by atoms with Crippen molar-refractivity contribution in [2.75, 3.05) is 26.4 Å². The topological polar surface area (TPSA) is 50.7 Å². The van der Waals surface area contributed by atoms with Crippen LogP contribution in [-0.4, -0.2) is 43.6 Å². The van der Waals surface area contributed by atoms with E-state index in [2.05, 4.69) is 12.2 Å². The van der Waals surface area contributed by atoms with Crippen molar-refractivity contribution in [3.8, 4) is 5.75 Å². The maximum Gasteiger partial charge on any atom is 0.122 e. The van der Waals surface area contributed by atoms with E-state index >= 15 is 0 Å². The molecule has 0 bridgehead atoms. The fourth-order valence-electron chi connectivity index (χ4n) is 2.40. The van der Waals surface area contributed by atoms with Crippen molar-refractivity contribution < 1.29 is 14.6 Å². The first-order valence-corrected chi connectivity index (χ1v) is 7.34. The minimum absolute atomic E-state index is 0.311. The summed E-state index contributed by atoms with van der Waals surface area (Å²) in [5.41, 5.74) is 1.09. The second kappa shape index (κ2) is 7.62. The lowest BCUT2D eigenvalue weighted by molar-refractivity contribution is 0.100. The minimum Gasteiger partial charge on any atom is -0.491 e. The first-order chi connectivity index (χ1) is 9.66. The van der Waals surface area contributed by atoms with Crippen LogP contribution in [0, 0.1) is 12.8 Å². The van der Waals surface area contributed by atoms with E-state index in [4.69, 9.17) is 9.47 Å². The molecule has 0 radical (unpaired) electrons. The molecule has 0 aromatic heterocycles. The summed E-state index contributed by atoms with van der Waals surface area (Å²) in [6.07, 6.45) is 0.601. The Morgan fingerprint density at radius 3 is 2.95 bits per heavy atom. The molecular formula is C16H25NO3. The van der Waals surface area contributed by atoms with Crippen LogP contribution in [0.25, 0.3) is 0 Å². The number of rotatable bonds is 7. The van der Waals surface area contributed by atoms with Crippen LogP contribution in [0.2, 0.25) is 0 Å². The van der Waals surface area contributed by atoms with Gasteiger partial charge in [-0.2, -0.15) is 0 Å². The van der Waals surface area contributed by atoms with Crippen molar-refractivity contribution in [1.82, 2.24) is 5.32 Å². The van der Waals surface area contributed by atoms with Crippen LogP contribution in [0.15, 0.2) is 24.3 Å². The zero-order chi connectivity index (χ0) is 14.4. The fourth-order valence-corrected chi connectivity index (χ4v) is 2.40. The van der Waals surface area contributed by atoms with Gasteiger partial charge in [0.05, 0.1) is 6.61 Å². The Kier molecular flexibility index (Phi) is 5.83. The summed E-state index contributed by atoms with van der Waals surface area (Å²) in [6, 6.07) is 8.21. The van der Waals surface area contributed by atoms with Gasteiger partial charge in [0.1, 0.15) is 18.5 Å². The molecule has 2 rings (SSSR count). The SMILES string of the molecule is Cc1ccccc1OCC(O)CNC(C)C1CCOC1. The number of aliphatic hydroxyl groups is 1. The summed E-state index contributed by atoms with van der Waals surface area (Å²) >= 11 is 0. The number of aryl methyl sites for hydroxylation is 1. The van der Waals surface area contributed by atoms with Gasteiger partial charge in [0.15, 0.2) is 0 Å². The zero-order valence-electron chi connectivity index (χ0n) is 12.3. The standard InChI is InChI=1S/C16H25NO3/c1-12-5-3-4-6-16(12)20-11-15(18)9-17-13(2)14-7-8-19-10-14/h3-6,13-15,17-18H,7-11H2,1-2H3. The average Bonchev–Trinajstić information content (AvgIpc) is 2.98. The lowest BCUT2D eigenvalue weighted by Gasteiger charge is -2.21. The van der Waals surface area contributed by atoms with E-state index in [1.165, 1.54) is 0 Å². The van der Waals surface area contributed by atoms with Crippen molar-refractivity contribution in [2.24, 2.45) is 5.92 Å². The van der Waals surface area contributed by atoms with Gasteiger partial charge in [0, 0.05) is 19.2 Å². The van der Waals surface area contributed by atoms with Crippen LogP contribution in [0.1, 0.15) is 18.9 Å². The van der Waals surface area contributed by atoms with E-state index in [0.29, 0.717) is 25.1 Å². The molecule has 0 spiro atoms. The molecule has 0 amide bonds. The minimum atomic E-state index is -0.501. The summed E-state index contributed by atoms with van der Waals surface area (Å²) in [5, 5.41) is 13.3. The van der Waals surface area contributed by atoms with E-state index in [1.807, 2.05) is 31.2 Å². The lowest BCUT2D eigenvalue weighted by Crippen LogP contribution is -2.40. The summed E-state index contributed by atoms with van der Waals surface area (Å²) in [7, 11) is 0. The van der Waals surface area contributed by atoms with Crippen molar-refractivity contribution >= 4 is 0 Å². The summed E-state index contributed by atoms with van der Waals surface area (Å²) < 4.78 is 11.0. The Morgan fingerprint density at radius 2 is 2.25 bits per heavy atom. The average molecular weight is 279 g/mol. The Labute approximate surface area is 121 Å². The number of ether oxygens (including phenoxy) is 2. The lowest BCUT2D eigenvalue weighted by atomic mass is 10.0. The highest BCUT2D eigenvalue weighted by molar-refractivity contribution is 5.31. The Morgan fingerprint density at radius 1 is 1.45 bits per heavy atom. The van der Waals surface area contributed by atoms with Crippen molar-refractivity contribution in [3.05, 3.63) is 29.8 Å². The predicted octanol–water partition coefficient (Wildman–Crippen LogP) is 1.75. The summed E-state index contributed by atoms with van der Waals surface area (Å²) in [6.45, 7) is 6.69. The number of hydrogen-bond donors (Lipinski definition) is 2. The smallest absolute Gasteiger partial charge is 0.122 e. The van der Waals surface area contributed by atoms with Crippen LogP contribution in [0.4, 0.5) is 0 Å². The van der Waals surface area contributed by atoms with E-state index in [-0.39, 0.29) is 0 Å². The van der Waals surface area contributed by atoms with E-state index < -0.39 is 6.10 Å². The fraction of sp³-hybridized carbons (Fsp3) is 0.625. The van der Waals surface area contributed by atoms with Crippen LogP contribution >= 0.6 is 0 Å². The molecule has 4 heteroatoms. The molecule has 20 heavy (non-hydrogen) atoms. The largest absolute Gasteiger partial charge is 0.491 e. The molecular weight excluding hydrogens is 254 g/mol. The Balaban J connectivity index is 1.67. The number of nitrogens with one attached hydrogen (secondary N) is 1. The molecule has 3 unspecified atom stereocenters. The molecule has 1 fully saturated rings. The van der Waals surface area contributed by atoms with Gasteiger partial charge in [0.2, 0.25) is 0 Å². The van der Waals surface area contributed by atoms with Crippen molar-refractivity contribution in [2.45, 2.75) is 32.4 Å². The first-order valence-electron chi connectivity index (χ1n) is 7.34. The van der Waals surface area contributed by atoms with Crippen molar-refractivity contribution in [3.63, 3.8) is 0 Å². The van der Waals surface area contributed by atoms with E-state index in [1.54, 1.807) is 0 Å². The quantitative estimate of drug-likeness (QED) is 0.798. The third-order valence-electron chi connectivity index (χ3n) is 3.87. The normalized spacial score (nSPS) is 21.6. The molecule has 1 aliphatic heterocycles. The van der Waals surface area contributed by atoms with Crippen LogP contribution in [0.5, 0.6) is 5.75 Å². The van der Waals surface area contributed by atoms with Crippen molar-refractivity contribution in [1.29, 1.82) is 0 Å². The Hall–Kier alpha value is -1.10. The summed E-state index contributed by atoms with van der Waals surface area (Å²) in [5.74, 6) is 1.39. The maximum atomic E-state index is 9.97. The molecule has 4 nitrogen and oxygen atoms in total. The molecule has 1 aromatic carbocycles. The number of benzene rings is 1. The third-order valence-corrected chi connectivity index (χ3v) is 3.87. The van der Waals surface area contributed by atoms with Gasteiger partial charge < -0.3 is 19.9 Å². The monoisotopic (exact) mass is 279 g/mol. The van der Waals surface area contributed by atoms with Crippen LogP contribution < -0.4 is 10.1 Å². The number of hydrogen-bond acceptors (Lipinski definition) is 4. The molecule has 0 saturated carbocycles. The van der Waals surface area contributed by atoms with Gasteiger partial charge >= 0.3 is 0 Å². The second-order valence-corrected chi connectivity index (χ2v) is 5.55. The Bertz CT molecular complexity index is 404. The highest BCUT2D eigenvalue weighted by Gasteiger charge is 2.22. The van der Waals surface area contributed by atoms with Gasteiger partial charge in [-0.25, -0.2) is 0 Å². The molecule has 1 heterocycles. The predicted molar refractivity (Wildman–Crippen MR) is 79.1 cm³/mol. The first kappa shape index (κ1) is 15.3. The molecule has 1 aliphatic rings. The van der Waals surface area contributed by atoms with Gasteiger partial charge in [-0.3, -0.25) is 0 Å². The van der Waals surface area contributed by atoms with Crippen LogP contribution in [-0.2, 0) is 4.74 Å². The second-order valence-electron chi connectivity index (χ2n) is 5.55. The molecule has 112 valence electrons.